The summed E-state index contributed by atoms with van der Waals surface area (Å²) in [5.41, 5.74) is 6.92. The minimum atomic E-state index is -3.99. The molecule has 0 atom stereocenters. The van der Waals surface area contributed by atoms with Gasteiger partial charge in [-0.25, -0.2) is 12.8 Å². The van der Waals surface area contributed by atoms with Gasteiger partial charge in [0.25, 0.3) is 10.0 Å². The van der Waals surface area contributed by atoms with Crippen LogP contribution >= 0.6 is 0 Å². The maximum Gasteiger partial charge on any atom is 0.264 e. The Morgan fingerprint density at radius 2 is 2.10 bits per heavy atom. The van der Waals surface area contributed by atoms with Crippen LogP contribution in [0.15, 0.2) is 41.6 Å². The lowest BCUT2D eigenvalue weighted by Gasteiger charge is -2.11. The van der Waals surface area contributed by atoms with E-state index in [0.717, 1.165) is 6.07 Å². The molecule has 0 saturated heterocycles. The fourth-order valence-corrected chi connectivity index (χ4v) is 2.87. The standard InChI is InChI=1S/C13H14FN3O2S/c1-9-8-16-5-4-12(9)17-20(18,19)13-3-2-10(7-15)6-11(13)14/h2-6,8H,7,15H2,1H3,(H,16,17). The number of hydrogen-bond donors (Lipinski definition) is 2. The monoisotopic (exact) mass is 295 g/mol. The third-order valence-electron chi connectivity index (χ3n) is 2.79. The third-order valence-corrected chi connectivity index (χ3v) is 4.18. The largest absolute Gasteiger partial charge is 0.326 e. The highest BCUT2D eigenvalue weighted by Gasteiger charge is 2.20. The Hall–Kier alpha value is -1.99. The van der Waals surface area contributed by atoms with Crippen LogP contribution in [0.1, 0.15) is 11.1 Å². The van der Waals surface area contributed by atoms with Crippen LogP contribution in [0.4, 0.5) is 10.1 Å². The van der Waals surface area contributed by atoms with Gasteiger partial charge < -0.3 is 5.73 Å². The van der Waals surface area contributed by atoms with Gasteiger partial charge in [0.2, 0.25) is 0 Å². The summed E-state index contributed by atoms with van der Waals surface area (Å²) in [6, 6.07) is 5.32. The highest BCUT2D eigenvalue weighted by molar-refractivity contribution is 7.92. The summed E-state index contributed by atoms with van der Waals surface area (Å²) in [5.74, 6) is -0.827. The number of sulfonamides is 1. The second kappa shape index (κ2) is 5.56. The van der Waals surface area contributed by atoms with Gasteiger partial charge in [0, 0.05) is 18.9 Å². The summed E-state index contributed by atoms with van der Waals surface area (Å²) in [5, 5.41) is 0. The fraction of sp³-hybridized carbons (Fsp3) is 0.154. The number of aryl methyl sites for hydroxylation is 1. The van der Waals surface area contributed by atoms with Gasteiger partial charge in [-0.05, 0) is 36.2 Å². The zero-order valence-electron chi connectivity index (χ0n) is 10.8. The van der Waals surface area contributed by atoms with Crippen molar-refractivity contribution < 1.29 is 12.8 Å². The van der Waals surface area contributed by atoms with E-state index in [-0.39, 0.29) is 6.54 Å². The van der Waals surface area contributed by atoms with Gasteiger partial charge in [0.15, 0.2) is 0 Å². The molecule has 0 amide bonds. The Kier molecular flexibility index (Phi) is 4.01. The molecular weight excluding hydrogens is 281 g/mol. The Bertz CT molecular complexity index is 732. The Morgan fingerprint density at radius 1 is 1.35 bits per heavy atom. The van der Waals surface area contributed by atoms with Crippen LogP contribution in [0, 0.1) is 12.7 Å². The molecule has 3 N–H and O–H groups in total. The summed E-state index contributed by atoms with van der Waals surface area (Å²) in [6.07, 6.45) is 2.98. The van der Waals surface area contributed by atoms with E-state index in [1.807, 2.05) is 0 Å². The smallest absolute Gasteiger partial charge is 0.264 e. The molecule has 0 fully saturated rings. The first-order valence-corrected chi connectivity index (χ1v) is 7.34. The lowest BCUT2D eigenvalue weighted by molar-refractivity contribution is 0.569. The van der Waals surface area contributed by atoms with Crippen LogP contribution in [0.25, 0.3) is 0 Å². The van der Waals surface area contributed by atoms with E-state index in [2.05, 4.69) is 9.71 Å². The van der Waals surface area contributed by atoms with Crippen LogP contribution in [-0.2, 0) is 16.6 Å². The second-order valence-corrected chi connectivity index (χ2v) is 5.92. The summed E-state index contributed by atoms with van der Waals surface area (Å²) in [4.78, 5) is 3.45. The van der Waals surface area contributed by atoms with Crippen LogP contribution in [0.3, 0.4) is 0 Å². The van der Waals surface area contributed by atoms with Gasteiger partial charge in [-0.2, -0.15) is 0 Å². The van der Waals surface area contributed by atoms with E-state index >= 15 is 0 Å². The van der Waals surface area contributed by atoms with Crippen molar-refractivity contribution in [3.63, 3.8) is 0 Å². The molecule has 7 heteroatoms. The lowest BCUT2D eigenvalue weighted by Crippen LogP contribution is -2.15. The SMILES string of the molecule is Cc1cnccc1NS(=O)(=O)c1ccc(CN)cc1F. The summed E-state index contributed by atoms with van der Waals surface area (Å²) >= 11 is 0. The molecule has 20 heavy (non-hydrogen) atoms. The molecule has 0 radical (unpaired) electrons. The van der Waals surface area contributed by atoms with E-state index in [1.165, 1.54) is 30.6 Å². The van der Waals surface area contributed by atoms with Gasteiger partial charge in [-0.1, -0.05) is 6.07 Å². The van der Waals surface area contributed by atoms with Gasteiger partial charge in [-0.3, -0.25) is 9.71 Å². The maximum absolute atomic E-state index is 13.8. The first-order valence-electron chi connectivity index (χ1n) is 5.86. The number of anilines is 1. The fourth-order valence-electron chi connectivity index (χ4n) is 1.68. The zero-order valence-corrected chi connectivity index (χ0v) is 11.6. The van der Waals surface area contributed by atoms with E-state index in [9.17, 15) is 12.8 Å². The topological polar surface area (TPSA) is 85.1 Å². The second-order valence-electron chi connectivity index (χ2n) is 4.26. The number of pyridine rings is 1. The summed E-state index contributed by atoms with van der Waals surface area (Å²) < 4.78 is 40.5. The van der Waals surface area contributed by atoms with Crippen molar-refractivity contribution in [1.29, 1.82) is 0 Å². The number of aromatic nitrogens is 1. The predicted octanol–water partition coefficient (Wildman–Crippen LogP) is 1.79. The molecule has 106 valence electrons. The first-order chi connectivity index (χ1) is 9.44. The molecule has 0 bridgehead atoms. The van der Waals surface area contributed by atoms with Gasteiger partial charge in [0.1, 0.15) is 10.7 Å². The van der Waals surface area contributed by atoms with Crippen molar-refractivity contribution in [2.75, 3.05) is 4.72 Å². The molecule has 5 nitrogen and oxygen atoms in total. The van der Waals surface area contributed by atoms with E-state index in [0.29, 0.717) is 16.8 Å². The van der Waals surface area contributed by atoms with Crippen LogP contribution in [0.2, 0.25) is 0 Å². The molecule has 0 spiro atoms. The Morgan fingerprint density at radius 3 is 2.70 bits per heavy atom. The van der Waals surface area contributed by atoms with Crippen molar-refractivity contribution in [3.05, 3.63) is 53.6 Å². The molecule has 0 saturated carbocycles. The van der Waals surface area contributed by atoms with Crippen molar-refractivity contribution >= 4 is 15.7 Å². The summed E-state index contributed by atoms with van der Waals surface area (Å²) in [7, 11) is -3.99. The minimum absolute atomic E-state index is 0.147. The Balaban J connectivity index is 2.39. The zero-order chi connectivity index (χ0) is 14.8. The number of nitrogens with zero attached hydrogens (tertiary/aromatic N) is 1. The quantitative estimate of drug-likeness (QED) is 0.900. The van der Waals surface area contributed by atoms with Crippen molar-refractivity contribution in [1.82, 2.24) is 4.98 Å². The highest BCUT2D eigenvalue weighted by Crippen LogP contribution is 2.21. The number of halogens is 1. The van der Waals surface area contributed by atoms with Crippen LogP contribution in [-0.4, -0.2) is 13.4 Å². The van der Waals surface area contributed by atoms with E-state index < -0.39 is 20.7 Å². The highest BCUT2D eigenvalue weighted by atomic mass is 32.2. The molecule has 0 aliphatic heterocycles. The molecule has 0 unspecified atom stereocenters. The number of hydrogen-bond acceptors (Lipinski definition) is 4. The summed E-state index contributed by atoms with van der Waals surface area (Å²) in [6.45, 7) is 1.85. The van der Waals surface area contributed by atoms with Gasteiger partial charge in [0.05, 0.1) is 5.69 Å². The van der Waals surface area contributed by atoms with Crippen molar-refractivity contribution in [3.8, 4) is 0 Å². The third kappa shape index (κ3) is 2.94. The number of nitrogens with one attached hydrogen (secondary N) is 1. The van der Waals surface area contributed by atoms with Crippen molar-refractivity contribution in [2.45, 2.75) is 18.4 Å². The first kappa shape index (κ1) is 14.4. The van der Waals surface area contributed by atoms with E-state index in [4.69, 9.17) is 5.73 Å². The molecule has 0 aliphatic carbocycles. The van der Waals surface area contributed by atoms with Crippen LogP contribution in [0.5, 0.6) is 0 Å². The normalized spacial score (nSPS) is 11.3. The number of benzene rings is 1. The van der Waals surface area contributed by atoms with E-state index in [1.54, 1.807) is 6.92 Å². The molecule has 1 heterocycles. The minimum Gasteiger partial charge on any atom is -0.326 e. The van der Waals surface area contributed by atoms with Crippen molar-refractivity contribution in [2.24, 2.45) is 5.73 Å². The molecule has 2 aromatic rings. The predicted molar refractivity (Wildman–Crippen MR) is 74.1 cm³/mol. The average molecular weight is 295 g/mol. The van der Waals surface area contributed by atoms with Gasteiger partial charge >= 0.3 is 0 Å². The Labute approximate surface area is 116 Å². The average Bonchev–Trinajstić information content (AvgIpc) is 2.40. The lowest BCUT2D eigenvalue weighted by atomic mass is 10.2. The molecule has 2 rings (SSSR count). The number of rotatable bonds is 4. The molecule has 0 aliphatic rings. The maximum atomic E-state index is 13.8. The molecular formula is C13H14FN3O2S. The number of nitrogens with two attached hydrogens (primary N) is 1. The molecule has 1 aromatic carbocycles. The van der Waals surface area contributed by atoms with Crippen LogP contribution < -0.4 is 10.5 Å². The van der Waals surface area contributed by atoms with Gasteiger partial charge in [-0.15, -0.1) is 0 Å². The molecule has 1 aromatic heterocycles.